The Bertz CT molecular complexity index is 545. The van der Waals surface area contributed by atoms with Gasteiger partial charge in [-0.2, -0.15) is 0 Å². The highest BCUT2D eigenvalue weighted by Gasteiger charge is 2.14. The van der Waals surface area contributed by atoms with Crippen LogP contribution in [0.2, 0.25) is 5.02 Å². The molecule has 0 saturated heterocycles. The first-order valence-electron chi connectivity index (χ1n) is 5.45. The van der Waals surface area contributed by atoms with Crippen LogP contribution < -0.4 is 5.73 Å². The Morgan fingerprint density at radius 1 is 1.35 bits per heavy atom. The van der Waals surface area contributed by atoms with Crippen molar-refractivity contribution in [1.82, 2.24) is 15.0 Å². The van der Waals surface area contributed by atoms with Crippen LogP contribution in [-0.2, 0) is 0 Å². The van der Waals surface area contributed by atoms with E-state index >= 15 is 0 Å². The monoisotopic (exact) mass is 250 g/mol. The summed E-state index contributed by atoms with van der Waals surface area (Å²) in [7, 11) is 0. The van der Waals surface area contributed by atoms with Crippen LogP contribution in [0.15, 0.2) is 18.2 Å². The zero-order chi connectivity index (χ0) is 12.6. The first kappa shape index (κ1) is 12.1. The third-order valence-electron chi connectivity index (χ3n) is 2.69. The zero-order valence-electron chi connectivity index (χ0n) is 10.1. The van der Waals surface area contributed by atoms with Gasteiger partial charge in [0.1, 0.15) is 5.69 Å². The number of halogens is 1. The number of benzene rings is 1. The minimum absolute atomic E-state index is 0.132. The van der Waals surface area contributed by atoms with Crippen LogP contribution in [0.1, 0.15) is 29.9 Å². The molecule has 2 rings (SSSR count). The van der Waals surface area contributed by atoms with E-state index in [9.17, 15) is 0 Å². The number of hydrogen-bond donors (Lipinski definition) is 1. The summed E-state index contributed by atoms with van der Waals surface area (Å²) in [4.78, 5) is 0. The summed E-state index contributed by atoms with van der Waals surface area (Å²) in [5.41, 5.74) is 9.51. The normalized spacial score (nSPS) is 12.8. The van der Waals surface area contributed by atoms with Gasteiger partial charge in [-0.1, -0.05) is 22.9 Å². The van der Waals surface area contributed by atoms with Crippen molar-refractivity contribution in [3.05, 3.63) is 40.2 Å². The summed E-state index contributed by atoms with van der Waals surface area (Å²) in [5.74, 6) is 0. The molecule has 0 spiro atoms. The van der Waals surface area contributed by atoms with E-state index in [0.29, 0.717) is 5.02 Å². The second kappa shape index (κ2) is 4.47. The molecule has 90 valence electrons. The molecule has 0 saturated carbocycles. The fraction of sp³-hybridized carbons (Fsp3) is 0.333. The van der Waals surface area contributed by atoms with Gasteiger partial charge >= 0.3 is 0 Å². The molecular weight excluding hydrogens is 236 g/mol. The van der Waals surface area contributed by atoms with Crippen LogP contribution in [0.3, 0.4) is 0 Å². The van der Waals surface area contributed by atoms with Gasteiger partial charge in [-0.15, -0.1) is 5.10 Å². The maximum absolute atomic E-state index is 6.17. The molecule has 0 bridgehead atoms. The van der Waals surface area contributed by atoms with Gasteiger partial charge in [0.05, 0.1) is 16.4 Å². The maximum atomic E-state index is 6.17. The molecule has 1 heterocycles. The predicted octanol–water partition coefficient (Wildman–Crippen LogP) is 2.56. The standard InChI is InChI=1S/C12H15ClN4/c1-7-4-5-10(13)11(6-7)17-9(3)12(8(2)14)15-16-17/h4-6,8H,14H2,1-3H3. The molecule has 1 aromatic heterocycles. The van der Waals surface area contributed by atoms with Crippen molar-refractivity contribution in [3.8, 4) is 5.69 Å². The number of nitrogens with two attached hydrogens (primary N) is 1. The lowest BCUT2D eigenvalue weighted by Crippen LogP contribution is -2.08. The molecule has 1 atom stereocenters. The third-order valence-corrected chi connectivity index (χ3v) is 3.01. The van der Waals surface area contributed by atoms with Gasteiger partial charge in [-0.3, -0.25) is 0 Å². The number of aryl methyl sites for hydroxylation is 1. The third kappa shape index (κ3) is 2.18. The van der Waals surface area contributed by atoms with Crippen LogP contribution in [0.25, 0.3) is 5.69 Å². The van der Waals surface area contributed by atoms with Gasteiger partial charge in [0, 0.05) is 6.04 Å². The fourth-order valence-corrected chi connectivity index (χ4v) is 1.97. The fourth-order valence-electron chi connectivity index (χ4n) is 1.78. The Kier molecular flexibility index (Phi) is 3.17. The minimum atomic E-state index is -0.132. The SMILES string of the molecule is Cc1ccc(Cl)c(-n2nnc(C(C)N)c2C)c1. The summed E-state index contributed by atoms with van der Waals surface area (Å²) in [6.07, 6.45) is 0. The van der Waals surface area contributed by atoms with Gasteiger partial charge < -0.3 is 5.73 Å². The highest BCUT2D eigenvalue weighted by Crippen LogP contribution is 2.23. The van der Waals surface area contributed by atoms with Crippen molar-refractivity contribution in [2.24, 2.45) is 5.73 Å². The van der Waals surface area contributed by atoms with Gasteiger partial charge in [0.15, 0.2) is 0 Å². The molecule has 0 fully saturated rings. The molecule has 2 aromatic rings. The molecule has 4 nitrogen and oxygen atoms in total. The van der Waals surface area contributed by atoms with Crippen LogP contribution in [-0.4, -0.2) is 15.0 Å². The molecular formula is C12H15ClN4. The highest BCUT2D eigenvalue weighted by atomic mass is 35.5. The molecule has 1 unspecified atom stereocenters. The average molecular weight is 251 g/mol. The highest BCUT2D eigenvalue weighted by molar-refractivity contribution is 6.32. The van der Waals surface area contributed by atoms with Crippen LogP contribution in [0.4, 0.5) is 0 Å². The zero-order valence-corrected chi connectivity index (χ0v) is 10.9. The smallest absolute Gasteiger partial charge is 0.102 e. The first-order valence-corrected chi connectivity index (χ1v) is 5.83. The van der Waals surface area contributed by atoms with Gasteiger partial charge in [-0.25, -0.2) is 4.68 Å². The lowest BCUT2D eigenvalue weighted by Gasteiger charge is -2.08. The second-order valence-electron chi connectivity index (χ2n) is 4.22. The summed E-state index contributed by atoms with van der Waals surface area (Å²) in [6, 6.07) is 5.67. The molecule has 1 aromatic carbocycles. The Morgan fingerprint density at radius 3 is 2.65 bits per heavy atom. The number of aromatic nitrogens is 3. The lowest BCUT2D eigenvalue weighted by molar-refractivity contribution is 0.756. The summed E-state index contributed by atoms with van der Waals surface area (Å²) in [6.45, 7) is 5.84. The van der Waals surface area contributed by atoms with Crippen molar-refractivity contribution >= 4 is 11.6 Å². The lowest BCUT2D eigenvalue weighted by atomic mass is 10.2. The van der Waals surface area contributed by atoms with Crippen molar-refractivity contribution in [2.75, 3.05) is 0 Å². The van der Waals surface area contributed by atoms with E-state index in [-0.39, 0.29) is 6.04 Å². The Morgan fingerprint density at radius 2 is 2.06 bits per heavy atom. The second-order valence-corrected chi connectivity index (χ2v) is 4.62. The molecule has 0 aliphatic heterocycles. The number of hydrogen-bond acceptors (Lipinski definition) is 3. The van der Waals surface area contributed by atoms with E-state index in [0.717, 1.165) is 22.6 Å². The molecule has 0 amide bonds. The van der Waals surface area contributed by atoms with Crippen LogP contribution in [0, 0.1) is 13.8 Å². The van der Waals surface area contributed by atoms with E-state index in [1.165, 1.54) is 0 Å². The van der Waals surface area contributed by atoms with Gasteiger partial charge in [0.2, 0.25) is 0 Å². The summed E-state index contributed by atoms with van der Waals surface area (Å²) in [5, 5.41) is 8.86. The van der Waals surface area contributed by atoms with Crippen LogP contribution >= 0.6 is 11.6 Å². The molecule has 17 heavy (non-hydrogen) atoms. The Balaban J connectivity index is 2.57. The predicted molar refractivity (Wildman–Crippen MR) is 68.4 cm³/mol. The van der Waals surface area contributed by atoms with Crippen LogP contribution in [0.5, 0.6) is 0 Å². The molecule has 2 N–H and O–H groups in total. The number of nitrogens with zero attached hydrogens (tertiary/aromatic N) is 3. The van der Waals surface area contributed by atoms with E-state index in [1.807, 2.05) is 39.0 Å². The van der Waals surface area contributed by atoms with Crippen molar-refractivity contribution in [1.29, 1.82) is 0 Å². The minimum Gasteiger partial charge on any atom is -0.323 e. The molecule has 0 aliphatic rings. The van der Waals surface area contributed by atoms with Crippen molar-refractivity contribution in [3.63, 3.8) is 0 Å². The van der Waals surface area contributed by atoms with Crippen molar-refractivity contribution < 1.29 is 0 Å². The molecule has 0 radical (unpaired) electrons. The van der Waals surface area contributed by atoms with Crippen molar-refractivity contribution in [2.45, 2.75) is 26.8 Å². The Hall–Kier alpha value is -1.39. The summed E-state index contributed by atoms with van der Waals surface area (Å²) < 4.78 is 1.73. The quantitative estimate of drug-likeness (QED) is 0.891. The summed E-state index contributed by atoms with van der Waals surface area (Å²) >= 11 is 6.17. The van der Waals surface area contributed by atoms with E-state index in [4.69, 9.17) is 17.3 Å². The first-order chi connectivity index (χ1) is 8.00. The largest absolute Gasteiger partial charge is 0.323 e. The Labute approximate surface area is 105 Å². The van der Waals surface area contributed by atoms with Gasteiger partial charge in [0.25, 0.3) is 0 Å². The molecule has 0 aliphatic carbocycles. The van der Waals surface area contributed by atoms with E-state index in [2.05, 4.69) is 10.3 Å². The maximum Gasteiger partial charge on any atom is 0.102 e. The average Bonchev–Trinajstić information content (AvgIpc) is 2.64. The van der Waals surface area contributed by atoms with E-state index < -0.39 is 0 Å². The topological polar surface area (TPSA) is 56.7 Å². The van der Waals surface area contributed by atoms with Gasteiger partial charge in [-0.05, 0) is 38.5 Å². The van der Waals surface area contributed by atoms with E-state index in [1.54, 1.807) is 4.68 Å². The number of rotatable bonds is 2. The molecule has 5 heteroatoms.